The first kappa shape index (κ1) is 11.8. The first-order chi connectivity index (χ1) is 7.36. The van der Waals surface area contributed by atoms with E-state index in [9.17, 15) is 0 Å². The van der Waals surface area contributed by atoms with E-state index in [4.69, 9.17) is 9.47 Å². The van der Waals surface area contributed by atoms with Gasteiger partial charge in [0.15, 0.2) is 0 Å². The molecular formula is C11H18N2O2. The van der Waals surface area contributed by atoms with E-state index in [1.54, 1.807) is 0 Å². The lowest BCUT2D eigenvalue weighted by Crippen LogP contribution is -2.10. The summed E-state index contributed by atoms with van der Waals surface area (Å²) in [6.07, 6.45) is 0. The number of hydrogen-bond donors (Lipinski definition) is 1. The minimum atomic E-state index is 0.634. The number of pyridine rings is 1. The summed E-state index contributed by atoms with van der Waals surface area (Å²) in [5, 5.41) is 3.16. The van der Waals surface area contributed by atoms with Crippen LogP contribution in [0.25, 0.3) is 0 Å². The van der Waals surface area contributed by atoms with Crippen molar-refractivity contribution in [1.82, 2.24) is 4.98 Å². The third kappa shape index (κ3) is 4.65. The van der Waals surface area contributed by atoms with E-state index >= 15 is 0 Å². The van der Waals surface area contributed by atoms with Crippen molar-refractivity contribution in [3.63, 3.8) is 0 Å². The second-order valence-corrected chi connectivity index (χ2v) is 2.92. The van der Waals surface area contributed by atoms with E-state index in [-0.39, 0.29) is 0 Å². The molecule has 1 aromatic heterocycles. The summed E-state index contributed by atoms with van der Waals surface area (Å²) >= 11 is 0. The first-order valence-corrected chi connectivity index (χ1v) is 5.28. The first-order valence-electron chi connectivity index (χ1n) is 5.28. The van der Waals surface area contributed by atoms with Crippen molar-refractivity contribution in [2.24, 2.45) is 0 Å². The minimum absolute atomic E-state index is 0.634. The monoisotopic (exact) mass is 210 g/mol. The smallest absolute Gasteiger partial charge is 0.215 e. The average Bonchev–Trinajstić information content (AvgIpc) is 2.26. The fourth-order valence-corrected chi connectivity index (χ4v) is 1.14. The number of aromatic nitrogens is 1. The van der Waals surface area contributed by atoms with Crippen molar-refractivity contribution in [3.8, 4) is 5.88 Å². The lowest BCUT2D eigenvalue weighted by atomic mass is 10.4. The van der Waals surface area contributed by atoms with Crippen molar-refractivity contribution in [1.29, 1.82) is 0 Å². The normalized spacial score (nSPS) is 10.0. The summed E-state index contributed by atoms with van der Waals surface area (Å²) in [7, 11) is 0. The van der Waals surface area contributed by atoms with Crippen LogP contribution in [0.1, 0.15) is 13.8 Å². The van der Waals surface area contributed by atoms with Crippen LogP contribution in [-0.4, -0.2) is 31.3 Å². The summed E-state index contributed by atoms with van der Waals surface area (Å²) in [4.78, 5) is 4.27. The van der Waals surface area contributed by atoms with Crippen LogP contribution in [0.2, 0.25) is 0 Å². The van der Waals surface area contributed by atoms with E-state index in [2.05, 4.69) is 10.3 Å². The van der Waals surface area contributed by atoms with Crippen LogP contribution in [0.4, 0.5) is 5.82 Å². The molecular weight excluding hydrogens is 192 g/mol. The lowest BCUT2D eigenvalue weighted by Gasteiger charge is -2.07. The highest BCUT2D eigenvalue weighted by atomic mass is 16.5. The molecule has 0 saturated carbocycles. The zero-order valence-electron chi connectivity index (χ0n) is 9.32. The van der Waals surface area contributed by atoms with Gasteiger partial charge in [-0.25, -0.2) is 0 Å². The maximum absolute atomic E-state index is 5.29. The van der Waals surface area contributed by atoms with E-state index in [0.717, 1.165) is 19.0 Å². The van der Waals surface area contributed by atoms with Gasteiger partial charge in [0.2, 0.25) is 5.88 Å². The average molecular weight is 210 g/mol. The fourth-order valence-electron chi connectivity index (χ4n) is 1.14. The molecule has 1 N–H and O–H groups in total. The van der Waals surface area contributed by atoms with Gasteiger partial charge in [-0.15, -0.1) is 0 Å². The van der Waals surface area contributed by atoms with Crippen LogP contribution in [0.5, 0.6) is 5.88 Å². The Morgan fingerprint density at radius 2 is 2.13 bits per heavy atom. The molecule has 0 aliphatic carbocycles. The van der Waals surface area contributed by atoms with Gasteiger partial charge in [-0.3, -0.25) is 0 Å². The Hall–Kier alpha value is -1.29. The number of nitrogens with one attached hydrogen (secondary N) is 1. The van der Waals surface area contributed by atoms with Crippen molar-refractivity contribution in [3.05, 3.63) is 18.2 Å². The van der Waals surface area contributed by atoms with Crippen molar-refractivity contribution in [2.45, 2.75) is 13.8 Å². The van der Waals surface area contributed by atoms with Gasteiger partial charge in [0, 0.05) is 19.2 Å². The molecule has 0 radical (unpaired) electrons. The maximum Gasteiger partial charge on any atom is 0.215 e. The zero-order chi connectivity index (χ0) is 10.9. The molecule has 84 valence electrons. The molecule has 0 saturated heterocycles. The van der Waals surface area contributed by atoms with Crippen molar-refractivity contribution in [2.75, 3.05) is 31.7 Å². The van der Waals surface area contributed by atoms with Crippen LogP contribution in [0.3, 0.4) is 0 Å². The lowest BCUT2D eigenvalue weighted by molar-refractivity contribution is 0.158. The van der Waals surface area contributed by atoms with Gasteiger partial charge in [0.1, 0.15) is 5.82 Å². The largest absolute Gasteiger partial charge is 0.478 e. The van der Waals surface area contributed by atoms with Gasteiger partial charge in [-0.2, -0.15) is 4.98 Å². The van der Waals surface area contributed by atoms with E-state index in [1.165, 1.54) is 0 Å². The third-order valence-electron chi connectivity index (χ3n) is 1.77. The topological polar surface area (TPSA) is 43.4 Å². The van der Waals surface area contributed by atoms with Gasteiger partial charge in [-0.1, -0.05) is 6.07 Å². The Kier molecular flexibility index (Phi) is 5.55. The molecule has 1 aromatic rings. The highest BCUT2D eigenvalue weighted by Gasteiger charge is 1.96. The SMILES string of the molecule is CCOCCNc1cccc(OCC)n1. The van der Waals surface area contributed by atoms with Crippen LogP contribution in [0, 0.1) is 0 Å². The Morgan fingerprint density at radius 1 is 1.27 bits per heavy atom. The number of anilines is 1. The molecule has 0 aromatic carbocycles. The second-order valence-electron chi connectivity index (χ2n) is 2.92. The Labute approximate surface area is 90.6 Å². The molecule has 1 rings (SSSR count). The van der Waals surface area contributed by atoms with E-state index in [0.29, 0.717) is 19.1 Å². The maximum atomic E-state index is 5.29. The Morgan fingerprint density at radius 3 is 2.87 bits per heavy atom. The van der Waals surface area contributed by atoms with Crippen LogP contribution in [0.15, 0.2) is 18.2 Å². The van der Waals surface area contributed by atoms with E-state index in [1.807, 2.05) is 32.0 Å². The molecule has 15 heavy (non-hydrogen) atoms. The summed E-state index contributed by atoms with van der Waals surface area (Å²) in [6, 6.07) is 5.67. The molecule has 0 atom stereocenters. The molecule has 0 aliphatic rings. The van der Waals surface area contributed by atoms with E-state index < -0.39 is 0 Å². The molecule has 0 unspecified atom stereocenters. The predicted molar refractivity (Wildman–Crippen MR) is 60.4 cm³/mol. The Bertz CT molecular complexity index is 279. The van der Waals surface area contributed by atoms with Crippen molar-refractivity contribution >= 4 is 5.82 Å². The van der Waals surface area contributed by atoms with Crippen LogP contribution < -0.4 is 10.1 Å². The predicted octanol–water partition coefficient (Wildman–Crippen LogP) is 1.93. The van der Waals surface area contributed by atoms with Crippen LogP contribution in [-0.2, 0) is 4.74 Å². The standard InChI is InChI=1S/C11H18N2O2/c1-3-14-9-8-12-10-6-5-7-11(13-10)15-4-2/h5-7H,3-4,8-9H2,1-2H3,(H,12,13). The quantitative estimate of drug-likeness (QED) is 0.698. The molecule has 0 spiro atoms. The Balaban J connectivity index is 2.36. The highest BCUT2D eigenvalue weighted by Crippen LogP contribution is 2.10. The van der Waals surface area contributed by atoms with Gasteiger partial charge in [0.25, 0.3) is 0 Å². The molecule has 1 heterocycles. The van der Waals surface area contributed by atoms with Gasteiger partial charge >= 0.3 is 0 Å². The van der Waals surface area contributed by atoms with Gasteiger partial charge in [-0.05, 0) is 19.9 Å². The third-order valence-corrected chi connectivity index (χ3v) is 1.77. The highest BCUT2D eigenvalue weighted by molar-refractivity contribution is 5.36. The van der Waals surface area contributed by atoms with Gasteiger partial charge < -0.3 is 14.8 Å². The molecule has 0 aliphatic heterocycles. The summed E-state index contributed by atoms with van der Waals surface area (Å²) in [5.41, 5.74) is 0. The minimum Gasteiger partial charge on any atom is -0.478 e. The molecule has 4 heteroatoms. The van der Waals surface area contributed by atoms with Crippen molar-refractivity contribution < 1.29 is 9.47 Å². The molecule has 4 nitrogen and oxygen atoms in total. The fraction of sp³-hybridized carbons (Fsp3) is 0.545. The molecule has 0 amide bonds. The van der Waals surface area contributed by atoms with Gasteiger partial charge in [0.05, 0.1) is 13.2 Å². The second kappa shape index (κ2) is 7.06. The summed E-state index contributed by atoms with van der Waals surface area (Å²) < 4.78 is 10.5. The number of rotatable bonds is 7. The number of hydrogen-bond acceptors (Lipinski definition) is 4. The molecule has 0 bridgehead atoms. The molecule has 0 fully saturated rings. The summed E-state index contributed by atoms with van der Waals surface area (Å²) in [6.45, 7) is 6.75. The van der Waals surface area contributed by atoms with Crippen LogP contribution >= 0.6 is 0 Å². The number of ether oxygens (including phenoxy) is 2. The zero-order valence-corrected chi connectivity index (χ0v) is 9.32. The summed E-state index contributed by atoms with van der Waals surface area (Å²) in [5.74, 6) is 1.47. The number of nitrogens with zero attached hydrogens (tertiary/aromatic N) is 1.